The van der Waals surface area contributed by atoms with Gasteiger partial charge in [0.15, 0.2) is 0 Å². The Kier molecular flexibility index (Phi) is 3.45. The molecule has 0 unspecified atom stereocenters. The monoisotopic (exact) mass is 237 g/mol. The summed E-state index contributed by atoms with van der Waals surface area (Å²) in [5.41, 5.74) is -0.613. The SMILES string of the molecule is CCn1ncnc1CC1(C(=O)O)CCCCC1. The second kappa shape index (κ2) is 4.85. The van der Waals surface area contributed by atoms with Crippen LogP contribution in [0.4, 0.5) is 0 Å². The number of carboxylic acids is 1. The number of rotatable bonds is 4. The topological polar surface area (TPSA) is 68.0 Å². The first kappa shape index (κ1) is 12.1. The molecular weight excluding hydrogens is 218 g/mol. The van der Waals surface area contributed by atoms with Crippen molar-refractivity contribution in [2.45, 2.75) is 52.0 Å². The minimum atomic E-state index is -0.678. The molecule has 1 aliphatic rings. The number of aryl methyl sites for hydroxylation is 1. The van der Waals surface area contributed by atoms with Gasteiger partial charge in [-0.15, -0.1) is 0 Å². The second-order valence-corrected chi connectivity index (χ2v) is 4.81. The van der Waals surface area contributed by atoms with Crippen LogP contribution in [0.3, 0.4) is 0 Å². The van der Waals surface area contributed by atoms with Gasteiger partial charge in [-0.1, -0.05) is 19.3 Å². The van der Waals surface area contributed by atoms with Crippen LogP contribution >= 0.6 is 0 Å². The summed E-state index contributed by atoms with van der Waals surface area (Å²) in [6, 6.07) is 0. The minimum absolute atomic E-state index is 0.510. The van der Waals surface area contributed by atoms with Crippen LogP contribution in [-0.4, -0.2) is 25.8 Å². The quantitative estimate of drug-likeness (QED) is 0.868. The van der Waals surface area contributed by atoms with Gasteiger partial charge in [-0.05, 0) is 19.8 Å². The van der Waals surface area contributed by atoms with Crippen LogP contribution in [-0.2, 0) is 17.8 Å². The maximum atomic E-state index is 11.5. The Labute approximate surface area is 101 Å². The van der Waals surface area contributed by atoms with E-state index in [-0.39, 0.29) is 0 Å². The molecule has 0 atom stereocenters. The molecule has 1 aliphatic carbocycles. The Morgan fingerprint density at radius 2 is 2.18 bits per heavy atom. The average Bonchev–Trinajstić information content (AvgIpc) is 2.77. The number of carboxylic acid groups (broad SMARTS) is 1. The van der Waals surface area contributed by atoms with E-state index in [1.807, 2.05) is 6.92 Å². The molecule has 0 saturated heterocycles. The van der Waals surface area contributed by atoms with Crippen molar-refractivity contribution in [1.29, 1.82) is 0 Å². The highest BCUT2D eigenvalue weighted by Crippen LogP contribution is 2.39. The number of aliphatic carboxylic acids is 1. The van der Waals surface area contributed by atoms with Crippen LogP contribution in [0, 0.1) is 5.41 Å². The van der Waals surface area contributed by atoms with Crippen molar-refractivity contribution < 1.29 is 9.90 Å². The van der Waals surface area contributed by atoms with Gasteiger partial charge in [0, 0.05) is 13.0 Å². The van der Waals surface area contributed by atoms with Crippen molar-refractivity contribution in [3.63, 3.8) is 0 Å². The number of hydrogen-bond donors (Lipinski definition) is 1. The zero-order valence-electron chi connectivity index (χ0n) is 10.2. The van der Waals surface area contributed by atoms with E-state index in [1.54, 1.807) is 4.68 Å². The normalized spacial score (nSPS) is 19.1. The van der Waals surface area contributed by atoms with Gasteiger partial charge in [-0.25, -0.2) is 4.98 Å². The molecule has 0 amide bonds. The molecule has 1 fully saturated rings. The van der Waals surface area contributed by atoms with Crippen LogP contribution in [0.1, 0.15) is 44.9 Å². The molecule has 94 valence electrons. The predicted octanol–water partition coefficient (Wildman–Crippen LogP) is 1.88. The molecule has 0 spiro atoms. The summed E-state index contributed by atoms with van der Waals surface area (Å²) < 4.78 is 1.79. The highest BCUT2D eigenvalue weighted by Gasteiger charge is 2.40. The van der Waals surface area contributed by atoms with Gasteiger partial charge >= 0.3 is 5.97 Å². The molecule has 1 N–H and O–H groups in total. The number of aromatic nitrogens is 3. The van der Waals surface area contributed by atoms with Crippen LogP contribution in [0.2, 0.25) is 0 Å². The number of carbonyl (C=O) groups is 1. The Morgan fingerprint density at radius 1 is 1.47 bits per heavy atom. The highest BCUT2D eigenvalue weighted by atomic mass is 16.4. The summed E-state index contributed by atoms with van der Waals surface area (Å²) in [7, 11) is 0. The predicted molar refractivity (Wildman–Crippen MR) is 62.6 cm³/mol. The largest absolute Gasteiger partial charge is 0.481 e. The highest BCUT2D eigenvalue weighted by molar-refractivity contribution is 5.75. The molecule has 0 aliphatic heterocycles. The van der Waals surface area contributed by atoms with Crippen molar-refractivity contribution >= 4 is 5.97 Å². The molecular formula is C12H19N3O2. The van der Waals surface area contributed by atoms with E-state index in [9.17, 15) is 9.90 Å². The van der Waals surface area contributed by atoms with E-state index in [2.05, 4.69) is 10.1 Å². The number of nitrogens with zero attached hydrogens (tertiary/aromatic N) is 3. The fraction of sp³-hybridized carbons (Fsp3) is 0.750. The molecule has 1 saturated carbocycles. The van der Waals surface area contributed by atoms with Crippen molar-refractivity contribution in [1.82, 2.24) is 14.8 Å². The molecule has 5 heteroatoms. The zero-order valence-corrected chi connectivity index (χ0v) is 10.2. The summed E-state index contributed by atoms with van der Waals surface area (Å²) >= 11 is 0. The molecule has 5 nitrogen and oxygen atoms in total. The van der Waals surface area contributed by atoms with Crippen LogP contribution < -0.4 is 0 Å². The lowest BCUT2D eigenvalue weighted by Gasteiger charge is -2.32. The van der Waals surface area contributed by atoms with Crippen LogP contribution in [0.15, 0.2) is 6.33 Å². The van der Waals surface area contributed by atoms with E-state index < -0.39 is 11.4 Å². The van der Waals surface area contributed by atoms with E-state index >= 15 is 0 Å². The maximum Gasteiger partial charge on any atom is 0.310 e. The maximum absolute atomic E-state index is 11.5. The molecule has 1 aromatic rings. The molecule has 0 bridgehead atoms. The summed E-state index contributed by atoms with van der Waals surface area (Å²) in [5, 5.41) is 13.6. The van der Waals surface area contributed by atoms with Gasteiger partial charge < -0.3 is 5.11 Å². The third kappa shape index (κ3) is 2.33. The van der Waals surface area contributed by atoms with Gasteiger partial charge in [0.05, 0.1) is 5.41 Å². The molecule has 17 heavy (non-hydrogen) atoms. The van der Waals surface area contributed by atoms with Gasteiger partial charge in [-0.3, -0.25) is 9.48 Å². The number of hydrogen-bond acceptors (Lipinski definition) is 3. The lowest BCUT2D eigenvalue weighted by atomic mass is 9.71. The van der Waals surface area contributed by atoms with E-state index in [4.69, 9.17) is 0 Å². The summed E-state index contributed by atoms with van der Waals surface area (Å²) in [4.78, 5) is 15.7. The van der Waals surface area contributed by atoms with E-state index in [0.717, 1.165) is 44.5 Å². The molecule has 2 rings (SSSR count). The Balaban J connectivity index is 2.20. The molecule has 0 aromatic carbocycles. The fourth-order valence-electron chi connectivity index (χ4n) is 2.69. The van der Waals surface area contributed by atoms with E-state index in [1.165, 1.54) is 6.33 Å². The Bertz CT molecular complexity index is 394. The first-order valence-electron chi connectivity index (χ1n) is 6.28. The summed E-state index contributed by atoms with van der Waals surface area (Å²) in [6.45, 7) is 2.73. The fourth-order valence-corrected chi connectivity index (χ4v) is 2.69. The minimum Gasteiger partial charge on any atom is -0.481 e. The van der Waals surface area contributed by atoms with Crippen molar-refractivity contribution in [2.24, 2.45) is 5.41 Å². The first-order valence-corrected chi connectivity index (χ1v) is 6.28. The standard InChI is InChI=1S/C12H19N3O2/c1-2-15-10(13-9-14-15)8-12(11(16)17)6-4-3-5-7-12/h9H,2-8H2,1H3,(H,16,17). The van der Waals surface area contributed by atoms with Gasteiger partial charge in [-0.2, -0.15) is 5.10 Å². The average molecular weight is 237 g/mol. The zero-order chi connectivity index (χ0) is 12.3. The second-order valence-electron chi connectivity index (χ2n) is 4.81. The lowest BCUT2D eigenvalue weighted by Crippen LogP contribution is -2.36. The van der Waals surface area contributed by atoms with Crippen molar-refractivity contribution in [2.75, 3.05) is 0 Å². The Morgan fingerprint density at radius 3 is 2.76 bits per heavy atom. The van der Waals surface area contributed by atoms with Crippen molar-refractivity contribution in [3.8, 4) is 0 Å². The third-order valence-corrected chi connectivity index (χ3v) is 3.76. The van der Waals surface area contributed by atoms with Crippen molar-refractivity contribution in [3.05, 3.63) is 12.2 Å². The third-order valence-electron chi connectivity index (χ3n) is 3.76. The molecule has 1 aromatic heterocycles. The summed E-state index contributed by atoms with van der Waals surface area (Å²) in [5.74, 6) is 0.125. The van der Waals surface area contributed by atoms with Gasteiger partial charge in [0.1, 0.15) is 12.2 Å². The van der Waals surface area contributed by atoms with E-state index in [0.29, 0.717) is 6.42 Å². The van der Waals surface area contributed by atoms with Gasteiger partial charge in [0.2, 0.25) is 0 Å². The molecule has 0 radical (unpaired) electrons. The Hall–Kier alpha value is -1.39. The van der Waals surface area contributed by atoms with Crippen LogP contribution in [0.5, 0.6) is 0 Å². The summed E-state index contributed by atoms with van der Waals surface area (Å²) in [6.07, 6.45) is 6.71. The van der Waals surface area contributed by atoms with Gasteiger partial charge in [0.25, 0.3) is 0 Å². The van der Waals surface area contributed by atoms with Crippen LogP contribution in [0.25, 0.3) is 0 Å². The first-order chi connectivity index (χ1) is 8.18. The molecule has 1 heterocycles. The smallest absolute Gasteiger partial charge is 0.310 e. The lowest BCUT2D eigenvalue weighted by molar-refractivity contribution is -0.151.